The van der Waals surface area contributed by atoms with Crippen LogP contribution < -0.4 is 0 Å². The van der Waals surface area contributed by atoms with E-state index in [0.29, 0.717) is 6.54 Å². The van der Waals surface area contributed by atoms with Crippen molar-refractivity contribution in [1.82, 2.24) is 9.80 Å². The number of likely N-dealkylation sites (tertiary alicyclic amines) is 1. The molecule has 1 saturated heterocycles. The van der Waals surface area contributed by atoms with Crippen molar-refractivity contribution < 1.29 is 4.79 Å². The molecule has 0 bridgehead atoms. The van der Waals surface area contributed by atoms with Gasteiger partial charge in [0.15, 0.2) is 0 Å². The minimum Gasteiger partial charge on any atom is -0.342 e. The van der Waals surface area contributed by atoms with Crippen LogP contribution in [0.25, 0.3) is 0 Å². The summed E-state index contributed by atoms with van der Waals surface area (Å²) in [6.07, 6.45) is 3.54. The Hall–Kier alpha value is -2.13. The van der Waals surface area contributed by atoms with Crippen LogP contribution in [0.15, 0.2) is 60.7 Å². The second kappa shape index (κ2) is 8.65. The molecule has 3 nitrogen and oxygen atoms in total. The molecule has 1 fully saturated rings. The summed E-state index contributed by atoms with van der Waals surface area (Å²) in [5, 5.41) is 0. The van der Waals surface area contributed by atoms with Crippen molar-refractivity contribution in [3.8, 4) is 0 Å². The normalized spacial score (nSPS) is 14.8. The number of carbonyl (C=O) groups is 1. The summed E-state index contributed by atoms with van der Waals surface area (Å²) < 4.78 is 0. The molecule has 0 spiro atoms. The van der Waals surface area contributed by atoms with Crippen molar-refractivity contribution >= 4 is 5.91 Å². The van der Waals surface area contributed by atoms with E-state index in [1.54, 1.807) is 0 Å². The molecule has 1 aliphatic heterocycles. The second-order valence-electron chi connectivity index (χ2n) is 6.56. The van der Waals surface area contributed by atoms with E-state index in [-0.39, 0.29) is 5.91 Å². The summed E-state index contributed by atoms with van der Waals surface area (Å²) in [7, 11) is 0. The topological polar surface area (TPSA) is 23.6 Å². The summed E-state index contributed by atoms with van der Waals surface area (Å²) in [4.78, 5) is 17.0. The lowest BCUT2D eigenvalue weighted by atomic mass is 10.1. The molecule has 0 aromatic heterocycles. The average molecular weight is 322 g/mol. The zero-order chi connectivity index (χ0) is 16.6. The summed E-state index contributed by atoms with van der Waals surface area (Å²) in [6.45, 7) is 3.93. The van der Waals surface area contributed by atoms with E-state index in [4.69, 9.17) is 0 Å². The number of piperidine rings is 1. The third-order valence-corrected chi connectivity index (χ3v) is 4.57. The Morgan fingerprint density at radius 1 is 0.792 bits per heavy atom. The van der Waals surface area contributed by atoms with Crippen LogP contribution in [0.5, 0.6) is 0 Å². The molecule has 0 aliphatic carbocycles. The maximum absolute atomic E-state index is 12.7. The van der Waals surface area contributed by atoms with Crippen molar-refractivity contribution in [3.63, 3.8) is 0 Å². The average Bonchev–Trinajstić information content (AvgIpc) is 2.64. The van der Waals surface area contributed by atoms with Crippen molar-refractivity contribution in [2.45, 2.75) is 32.4 Å². The highest BCUT2D eigenvalue weighted by Crippen LogP contribution is 2.13. The van der Waals surface area contributed by atoms with Gasteiger partial charge in [-0.25, -0.2) is 0 Å². The highest BCUT2D eigenvalue weighted by Gasteiger charge is 2.19. The first-order chi connectivity index (χ1) is 11.8. The minimum absolute atomic E-state index is 0.265. The monoisotopic (exact) mass is 322 g/mol. The molecule has 1 heterocycles. The van der Waals surface area contributed by atoms with Gasteiger partial charge in [0.1, 0.15) is 0 Å². The minimum atomic E-state index is 0.265. The lowest BCUT2D eigenvalue weighted by Gasteiger charge is -2.30. The van der Waals surface area contributed by atoms with Crippen LogP contribution in [0.4, 0.5) is 0 Å². The van der Waals surface area contributed by atoms with Crippen LogP contribution in [-0.2, 0) is 17.9 Å². The van der Waals surface area contributed by atoms with Crippen molar-refractivity contribution in [3.05, 3.63) is 71.8 Å². The standard InChI is InChI=1S/C21H26N2O/c24-21(23-14-8-3-9-15-23)18-22(16-19-10-4-1-5-11-19)17-20-12-6-2-7-13-20/h1-2,4-7,10-13H,3,8-9,14-18H2. The van der Waals surface area contributed by atoms with Crippen LogP contribution in [0.3, 0.4) is 0 Å². The van der Waals surface area contributed by atoms with E-state index in [0.717, 1.165) is 39.0 Å². The number of carbonyl (C=O) groups excluding carboxylic acids is 1. The Kier molecular flexibility index (Phi) is 6.02. The smallest absolute Gasteiger partial charge is 0.236 e. The van der Waals surface area contributed by atoms with Gasteiger partial charge >= 0.3 is 0 Å². The fourth-order valence-corrected chi connectivity index (χ4v) is 3.29. The Bertz CT molecular complexity index is 579. The maximum atomic E-state index is 12.7. The molecule has 0 N–H and O–H groups in total. The van der Waals surface area contributed by atoms with Gasteiger partial charge in [-0.3, -0.25) is 9.69 Å². The van der Waals surface area contributed by atoms with Gasteiger partial charge in [0, 0.05) is 26.2 Å². The quantitative estimate of drug-likeness (QED) is 0.809. The van der Waals surface area contributed by atoms with Crippen LogP contribution >= 0.6 is 0 Å². The molecular weight excluding hydrogens is 296 g/mol. The fraction of sp³-hybridized carbons (Fsp3) is 0.381. The van der Waals surface area contributed by atoms with Crippen molar-refractivity contribution in [1.29, 1.82) is 0 Å². The first-order valence-corrected chi connectivity index (χ1v) is 8.89. The summed E-state index contributed by atoms with van der Waals surface area (Å²) in [5.41, 5.74) is 2.50. The molecule has 1 amide bonds. The molecule has 3 heteroatoms. The molecule has 0 saturated carbocycles. The van der Waals surface area contributed by atoms with E-state index >= 15 is 0 Å². The first kappa shape index (κ1) is 16.7. The Balaban J connectivity index is 1.67. The highest BCUT2D eigenvalue weighted by atomic mass is 16.2. The van der Waals surface area contributed by atoms with Crippen LogP contribution in [0.2, 0.25) is 0 Å². The number of rotatable bonds is 6. The number of benzene rings is 2. The van der Waals surface area contributed by atoms with Crippen LogP contribution in [0.1, 0.15) is 30.4 Å². The maximum Gasteiger partial charge on any atom is 0.236 e. The predicted octanol–water partition coefficient (Wildman–Crippen LogP) is 3.70. The zero-order valence-electron chi connectivity index (χ0n) is 14.2. The molecule has 1 aliphatic rings. The van der Waals surface area contributed by atoms with Gasteiger partial charge in [-0.15, -0.1) is 0 Å². The lowest BCUT2D eigenvalue weighted by molar-refractivity contribution is -0.133. The fourth-order valence-electron chi connectivity index (χ4n) is 3.29. The Labute approximate surface area is 144 Å². The third kappa shape index (κ3) is 4.93. The lowest BCUT2D eigenvalue weighted by Crippen LogP contribution is -2.42. The number of hydrogen-bond acceptors (Lipinski definition) is 2. The SMILES string of the molecule is O=C(CN(Cc1ccccc1)Cc1ccccc1)N1CCCCC1. The number of hydrogen-bond donors (Lipinski definition) is 0. The number of nitrogens with zero attached hydrogens (tertiary/aromatic N) is 2. The summed E-state index contributed by atoms with van der Waals surface area (Å²) >= 11 is 0. The Morgan fingerprint density at radius 3 is 1.79 bits per heavy atom. The van der Waals surface area contributed by atoms with E-state index in [1.807, 2.05) is 17.0 Å². The highest BCUT2D eigenvalue weighted by molar-refractivity contribution is 5.78. The third-order valence-electron chi connectivity index (χ3n) is 4.57. The van der Waals surface area contributed by atoms with Gasteiger partial charge in [0.05, 0.1) is 6.54 Å². The Morgan fingerprint density at radius 2 is 1.29 bits per heavy atom. The largest absolute Gasteiger partial charge is 0.342 e. The van der Waals surface area contributed by atoms with E-state index in [1.165, 1.54) is 17.5 Å². The first-order valence-electron chi connectivity index (χ1n) is 8.89. The zero-order valence-corrected chi connectivity index (χ0v) is 14.2. The second-order valence-corrected chi connectivity index (χ2v) is 6.56. The van der Waals surface area contributed by atoms with Crippen molar-refractivity contribution in [2.24, 2.45) is 0 Å². The molecule has 126 valence electrons. The van der Waals surface area contributed by atoms with Gasteiger partial charge in [-0.05, 0) is 30.4 Å². The molecule has 2 aromatic carbocycles. The van der Waals surface area contributed by atoms with Crippen LogP contribution in [-0.4, -0.2) is 35.3 Å². The van der Waals surface area contributed by atoms with Gasteiger partial charge < -0.3 is 4.90 Å². The van der Waals surface area contributed by atoms with Gasteiger partial charge in [-0.1, -0.05) is 60.7 Å². The number of amides is 1. The van der Waals surface area contributed by atoms with E-state index in [9.17, 15) is 4.79 Å². The predicted molar refractivity (Wildman–Crippen MR) is 97.4 cm³/mol. The molecule has 0 unspecified atom stereocenters. The molecule has 3 rings (SSSR count). The van der Waals surface area contributed by atoms with Gasteiger partial charge in [0.2, 0.25) is 5.91 Å². The van der Waals surface area contributed by atoms with E-state index < -0.39 is 0 Å². The molecule has 2 aromatic rings. The molecule has 0 atom stereocenters. The van der Waals surface area contributed by atoms with E-state index in [2.05, 4.69) is 53.4 Å². The van der Waals surface area contributed by atoms with Gasteiger partial charge in [0.25, 0.3) is 0 Å². The summed E-state index contributed by atoms with van der Waals surface area (Å²) in [6, 6.07) is 20.8. The van der Waals surface area contributed by atoms with Crippen molar-refractivity contribution in [2.75, 3.05) is 19.6 Å². The molecule has 0 radical (unpaired) electrons. The summed E-state index contributed by atoms with van der Waals surface area (Å²) in [5.74, 6) is 0.265. The van der Waals surface area contributed by atoms with Gasteiger partial charge in [-0.2, -0.15) is 0 Å². The van der Waals surface area contributed by atoms with Crippen LogP contribution in [0, 0.1) is 0 Å². The molecule has 24 heavy (non-hydrogen) atoms. The molecular formula is C21H26N2O.